The number of aliphatic hydroxyl groups is 1. The standard InChI is InChI=1S/C25H39N3O2/c1-2-27-23-13-9-10-14-24(23)28(25(27)30)22-15-16-26(18-21(22)19-29)17-20-11-7-5-3-4-6-8-12-20/h9-10,13-14,20-22,29H,2-8,11-12,15-19H2,1H3/t21-,22+/m0/s1. The van der Waals surface area contributed by atoms with Crippen molar-refractivity contribution in [3.8, 4) is 0 Å². The van der Waals surface area contributed by atoms with Crippen LogP contribution in [0.15, 0.2) is 29.1 Å². The topological polar surface area (TPSA) is 50.4 Å². The quantitative estimate of drug-likeness (QED) is 0.789. The number of para-hydroxylation sites is 2. The van der Waals surface area contributed by atoms with Gasteiger partial charge in [0, 0.05) is 44.7 Å². The largest absolute Gasteiger partial charge is 0.396 e. The number of hydrogen-bond donors (Lipinski definition) is 1. The third-order valence-corrected chi connectivity index (χ3v) is 7.52. The molecule has 2 fully saturated rings. The van der Waals surface area contributed by atoms with Gasteiger partial charge in [-0.25, -0.2) is 4.79 Å². The third-order valence-electron chi connectivity index (χ3n) is 7.52. The van der Waals surface area contributed by atoms with E-state index in [1.807, 2.05) is 34.3 Å². The Kier molecular flexibility index (Phi) is 7.32. The molecule has 166 valence electrons. The Morgan fingerprint density at radius 2 is 1.63 bits per heavy atom. The average molecular weight is 414 g/mol. The van der Waals surface area contributed by atoms with Gasteiger partial charge in [0.1, 0.15) is 0 Å². The SMILES string of the molecule is CCn1c(=O)n([C@@H]2CCN(CC3CCCCCCCC3)C[C@H]2CO)c2ccccc21. The van der Waals surface area contributed by atoms with Crippen molar-refractivity contribution in [2.75, 3.05) is 26.2 Å². The lowest BCUT2D eigenvalue weighted by Crippen LogP contribution is -2.46. The molecule has 1 aromatic heterocycles. The fraction of sp³-hybridized carbons (Fsp3) is 0.720. The molecular weight excluding hydrogens is 374 g/mol. The zero-order valence-corrected chi connectivity index (χ0v) is 18.6. The van der Waals surface area contributed by atoms with Crippen molar-refractivity contribution in [1.82, 2.24) is 14.0 Å². The van der Waals surface area contributed by atoms with Crippen molar-refractivity contribution in [2.24, 2.45) is 11.8 Å². The molecule has 2 aliphatic rings. The van der Waals surface area contributed by atoms with Crippen LogP contribution in [0.25, 0.3) is 11.0 Å². The number of fused-ring (bicyclic) bond motifs is 1. The highest BCUT2D eigenvalue weighted by atomic mass is 16.3. The maximum absolute atomic E-state index is 13.2. The number of nitrogens with zero attached hydrogens (tertiary/aromatic N) is 3. The number of benzene rings is 1. The molecule has 2 atom stereocenters. The first-order valence-electron chi connectivity index (χ1n) is 12.3. The van der Waals surface area contributed by atoms with E-state index in [2.05, 4.69) is 11.0 Å². The van der Waals surface area contributed by atoms with Crippen LogP contribution in [0, 0.1) is 11.8 Å². The molecular formula is C25H39N3O2. The lowest BCUT2D eigenvalue weighted by molar-refractivity contribution is 0.0654. The molecule has 0 amide bonds. The fourth-order valence-corrected chi connectivity index (χ4v) is 5.90. The molecule has 1 saturated heterocycles. The number of aromatic nitrogens is 2. The number of likely N-dealkylation sites (tertiary alicyclic amines) is 1. The van der Waals surface area contributed by atoms with E-state index in [0.29, 0.717) is 6.54 Å². The summed E-state index contributed by atoms with van der Waals surface area (Å²) in [6, 6.07) is 8.19. The van der Waals surface area contributed by atoms with E-state index in [4.69, 9.17) is 0 Å². The van der Waals surface area contributed by atoms with E-state index >= 15 is 0 Å². The number of aliphatic hydroxyl groups excluding tert-OH is 1. The monoisotopic (exact) mass is 413 g/mol. The van der Waals surface area contributed by atoms with E-state index < -0.39 is 0 Å². The molecule has 2 aromatic rings. The highest BCUT2D eigenvalue weighted by molar-refractivity contribution is 5.76. The van der Waals surface area contributed by atoms with Gasteiger partial charge in [0.05, 0.1) is 11.0 Å². The van der Waals surface area contributed by atoms with Crippen molar-refractivity contribution in [3.63, 3.8) is 0 Å². The highest BCUT2D eigenvalue weighted by Gasteiger charge is 2.33. The average Bonchev–Trinajstić information content (AvgIpc) is 3.12. The van der Waals surface area contributed by atoms with Gasteiger partial charge in [-0.1, -0.05) is 50.7 Å². The number of rotatable bonds is 5. The summed E-state index contributed by atoms with van der Waals surface area (Å²) < 4.78 is 3.85. The van der Waals surface area contributed by atoms with Gasteiger partial charge >= 0.3 is 5.69 Å². The number of imidazole rings is 1. The van der Waals surface area contributed by atoms with E-state index in [-0.39, 0.29) is 24.3 Å². The zero-order chi connectivity index (χ0) is 20.9. The molecule has 1 saturated carbocycles. The summed E-state index contributed by atoms with van der Waals surface area (Å²) in [6.45, 7) is 5.93. The summed E-state index contributed by atoms with van der Waals surface area (Å²) in [4.78, 5) is 15.8. The molecule has 5 heteroatoms. The lowest BCUT2D eigenvalue weighted by Gasteiger charge is -2.39. The summed E-state index contributed by atoms with van der Waals surface area (Å²) in [5.74, 6) is 0.910. The zero-order valence-electron chi connectivity index (χ0n) is 18.6. The molecule has 5 nitrogen and oxygen atoms in total. The van der Waals surface area contributed by atoms with Crippen molar-refractivity contribution < 1.29 is 5.11 Å². The normalized spacial score (nSPS) is 25.1. The van der Waals surface area contributed by atoms with Gasteiger partial charge in [0.25, 0.3) is 0 Å². The van der Waals surface area contributed by atoms with Gasteiger partial charge < -0.3 is 10.0 Å². The van der Waals surface area contributed by atoms with Crippen molar-refractivity contribution in [2.45, 2.75) is 77.3 Å². The van der Waals surface area contributed by atoms with Gasteiger partial charge in [-0.15, -0.1) is 0 Å². The Balaban J connectivity index is 1.50. The summed E-state index contributed by atoms with van der Waals surface area (Å²) in [5.41, 5.74) is 2.10. The van der Waals surface area contributed by atoms with Gasteiger partial charge in [-0.2, -0.15) is 0 Å². The van der Waals surface area contributed by atoms with E-state index in [9.17, 15) is 9.90 Å². The molecule has 1 N–H and O–H groups in total. The molecule has 0 spiro atoms. The second-order valence-corrected chi connectivity index (χ2v) is 9.51. The lowest BCUT2D eigenvalue weighted by atomic mass is 9.90. The van der Waals surface area contributed by atoms with Crippen molar-refractivity contribution in [1.29, 1.82) is 0 Å². The molecule has 30 heavy (non-hydrogen) atoms. The number of hydrogen-bond acceptors (Lipinski definition) is 3. The Labute approximate surface area is 180 Å². The minimum absolute atomic E-state index is 0.0758. The Bertz CT molecular complexity index is 861. The Morgan fingerprint density at radius 3 is 2.30 bits per heavy atom. The van der Waals surface area contributed by atoms with Gasteiger partial charge in [-0.05, 0) is 44.2 Å². The van der Waals surface area contributed by atoms with Crippen LogP contribution in [0.4, 0.5) is 0 Å². The van der Waals surface area contributed by atoms with Crippen LogP contribution in [0.3, 0.4) is 0 Å². The molecule has 1 aliphatic carbocycles. The van der Waals surface area contributed by atoms with E-state index in [1.165, 1.54) is 51.4 Å². The predicted molar refractivity (Wildman–Crippen MR) is 123 cm³/mol. The molecule has 1 aliphatic heterocycles. The molecule has 4 rings (SSSR count). The summed E-state index contributed by atoms with van der Waals surface area (Å²) in [6.07, 6.45) is 12.0. The van der Waals surface area contributed by atoms with Gasteiger partial charge in [0.15, 0.2) is 0 Å². The van der Waals surface area contributed by atoms with Crippen molar-refractivity contribution in [3.05, 3.63) is 34.7 Å². The first-order chi connectivity index (χ1) is 14.7. The second-order valence-electron chi connectivity index (χ2n) is 9.51. The predicted octanol–water partition coefficient (Wildman–Crippen LogP) is 4.43. The van der Waals surface area contributed by atoms with Crippen LogP contribution >= 0.6 is 0 Å². The number of piperidine rings is 1. The minimum atomic E-state index is 0.0758. The maximum atomic E-state index is 13.2. The molecule has 0 radical (unpaired) electrons. The Hall–Kier alpha value is -1.59. The van der Waals surface area contributed by atoms with Crippen LogP contribution in [0.5, 0.6) is 0 Å². The van der Waals surface area contributed by atoms with Gasteiger partial charge in [-0.3, -0.25) is 9.13 Å². The highest BCUT2D eigenvalue weighted by Crippen LogP contribution is 2.32. The first-order valence-corrected chi connectivity index (χ1v) is 12.3. The molecule has 0 bridgehead atoms. The second kappa shape index (κ2) is 10.1. The maximum Gasteiger partial charge on any atom is 0.329 e. The summed E-state index contributed by atoms with van der Waals surface area (Å²) >= 11 is 0. The van der Waals surface area contributed by atoms with Crippen molar-refractivity contribution >= 4 is 11.0 Å². The van der Waals surface area contributed by atoms with Crippen LogP contribution < -0.4 is 5.69 Å². The summed E-state index contributed by atoms with van der Waals surface area (Å²) in [7, 11) is 0. The van der Waals surface area contributed by atoms with Crippen LogP contribution in [0.1, 0.15) is 70.8 Å². The number of aryl methyl sites for hydroxylation is 1. The van der Waals surface area contributed by atoms with E-state index in [0.717, 1.165) is 43.0 Å². The van der Waals surface area contributed by atoms with Crippen LogP contribution in [-0.2, 0) is 6.54 Å². The van der Waals surface area contributed by atoms with E-state index in [1.54, 1.807) is 0 Å². The molecule has 2 heterocycles. The molecule has 1 aromatic carbocycles. The Morgan fingerprint density at radius 1 is 0.967 bits per heavy atom. The third kappa shape index (κ3) is 4.52. The van der Waals surface area contributed by atoms with Crippen LogP contribution in [0.2, 0.25) is 0 Å². The smallest absolute Gasteiger partial charge is 0.329 e. The minimum Gasteiger partial charge on any atom is -0.396 e. The molecule has 0 unspecified atom stereocenters. The first kappa shape index (κ1) is 21.6. The fourth-order valence-electron chi connectivity index (χ4n) is 5.90. The van der Waals surface area contributed by atoms with Gasteiger partial charge in [0.2, 0.25) is 0 Å². The van der Waals surface area contributed by atoms with Crippen LogP contribution in [-0.4, -0.2) is 45.4 Å². The summed E-state index contributed by atoms with van der Waals surface area (Å²) in [5, 5.41) is 10.2.